The first kappa shape index (κ1) is 19.1. The lowest BCUT2D eigenvalue weighted by atomic mass is 9.96. The van der Waals surface area contributed by atoms with Crippen LogP contribution in [-0.2, 0) is 0 Å². The average molecular weight is 414 g/mol. The summed E-state index contributed by atoms with van der Waals surface area (Å²) in [5.41, 5.74) is 1.66. The smallest absolute Gasteiger partial charge is 0.294 e. The van der Waals surface area contributed by atoms with Gasteiger partial charge in [-0.2, -0.15) is 0 Å². The number of thiophene rings is 1. The van der Waals surface area contributed by atoms with E-state index in [4.69, 9.17) is 4.99 Å². The Kier molecular flexibility index (Phi) is 6.02. The molecule has 1 aromatic carbocycles. The van der Waals surface area contributed by atoms with Gasteiger partial charge in [-0.15, -0.1) is 22.7 Å². The third-order valence-electron chi connectivity index (χ3n) is 5.25. The summed E-state index contributed by atoms with van der Waals surface area (Å²) in [6.07, 6.45) is 8.62. The number of nitrogens with zero attached hydrogens (tertiary/aromatic N) is 3. The Labute approximate surface area is 172 Å². The van der Waals surface area contributed by atoms with Crippen LogP contribution in [0.1, 0.15) is 51.0 Å². The third kappa shape index (κ3) is 4.10. The fraction of sp³-hybridized carbons (Fsp3) is 0.381. The number of aromatic nitrogens is 1. The Morgan fingerprint density at radius 2 is 1.75 bits per heavy atom. The highest BCUT2D eigenvalue weighted by molar-refractivity contribution is 7.14. The summed E-state index contributed by atoms with van der Waals surface area (Å²) in [5.74, 6) is 0. The summed E-state index contributed by atoms with van der Waals surface area (Å²) in [4.78, 5) is 17.9. The van der Waals surface area contributed by atoms with Crippen LogP contribution in [0.2, 0.25) is 0 Å². The van der Waals surface area contributed by atoms with Crippen molar-refractivity contribution in [2.24, 2.45) is 4.99 Å². The van der Waals surface area contributed by atoms with Crippen molar-refractivity contribution in [2.45, 2.75) is 51.0 Å². The van der Waals surface area contributed by atoms with Crippen LogP contribution in [0.3, 0.4) is 0 Å². The summed E-state index contributed by atoms with van der Waals surface area (Å²) in [5, 5.41) is 15.7. The summed E-state index contributed by atoms with van der Waals surface area (Å²) >= 11 is 3.30. The van der Waals surface area contributed by atoms with Crippen molar-refractivity contribution in [1.29, 1.82) is 0 Å². The van der Waals surface area contributed by atoms with Crippen molar-refractivity contribution in [3.63, 3.8) is 0 Å². The molecule has 0 radical (unpaired) electrons. The van der Waals surface area contributed by atoms with E-state index in [1.54, 1.807) is 40.9 Å². The number of hydrogen-bond acceptors (Lipinski definition) is 5. The predicted octanol–water partition coefficient (Wildman–Crippen LogP) is 6.70. The molecule has 0 unspecified atom stereocenters. The van der Waals surface area contributed by atoms with Crippen LogP contribution in [0.15, 0.2) is 52.2 Å². The van der Waals surface area contributed by atoms with Gasteiger partial charge in [0.15, 0.2) is 4.80 Å². The maximum Gasteiger partial charge on any atom is 0.294 e. The molecule has 0 spiro atoms. The van der Waals surface area contributed by atoms with Gasteiger partial charge in [0.05, 0.1) is 15.5 Å². The van der Waals surface area contributed by atoms with Gasteiger partial charge in [0.2, 0.25) is 0 Å². The number of hydrogen-bond donors (Lipinski definition) is 0. The molecule has 2 aromatic heterocycles. The minimum Gasteiger partial charge on any atom is -0.313 e. The SMILES string of the molecule is O=[N+]([O-])c1ccccc1N=c1scc(-c2cccs2)n1C1CCCCCCC1. The Balaban J connectivity index is 1.85. The number of thiazole rings is 1. The minimum absolute atomic E-state index is 0.0535. The van der Waals surface area contributed by atoms with E-state index in [0.717, 1.165) is 17.6 Å². The Hall–Kier alpha value is -2.25. The molecule has 0 atom stereocenters. The van der Waals surface area contributed by atoms with Crippen molar-refractivity contribution < 1.29 is 4.92 Å². The van der Waals surface area contributed by atoms with Gasteiger partial charge in [-0.05, 0) is 30.4 Å². The summed E-state index contributed by atoms with van der Waals surface area (Å²) < 4.78 is 2.35. The molecular weight excluding hydrogens is 390 g/mol. The van der Waals surface area contributed by atoms with E-state index >= 15 is 0 Å². The van der Waals surface area contributed by atoms with E-state index in [1.807, 2.05) is 0 Å². The molecule has 0 amide bonds. The largest absolute Gasteiger partial charge is 0.313 e. The molecule has 146 valence electrons. The molecule has 0 saturated heterocycles. The molecular formula is C21H23N3O2S2. The maximum absolute atomic E-state index is 11.4. The van der Waals surface area contributed by atoms with Gasteiger partial charge < -0.3 is 4.57 Å². The van der Waals surface area contributed by atoms with E-state index in [1.165, 1.54) is 48.7 Å². The van der Waals surface area contributed by atoms with Crippen molar-refractivity contribution in [3.8, 4) is 10.6 Å². The molecule has 2 heterocycles. The van der Waals surface area contributed by atoms with Crippen molar-refractivity contribution in [2.75, 3.05) is 0 Å². The molecule has 1 saturated carbocycles. The van der Waals surface area contributed by atoms with Crippen LogP contribution >= 0.6 is 22.7 Å². The molecule has 0 aliphatic heterocycles. The average Bonchev–Trinajstić information content (AvgIpc) is 3.32. The number of nitro groups is 1. The summed E-state index contributed by atoms with van der Waals surface area (Å²) in [7, 11) is 0. The van der Waals surface area contributed by atoms with E-state index in [-0.39, 0.29) is 10.6 Å². The summed E-state index contributed by atoms with van der Waals surface area (Å²) in [6, 6.07) is 11.3. The highest BCUT2D eigenvalue weighted by Crippen LogP contribution is 2.33. The second-order valence-corrected chi connectivity index (χ2v) is 8.89. The highest BCUT2D eigenvalue weighted by atomic mass is 32.1. The molecule has 1 aliphatic rings. The lowest BCUT2D eigenvalue weighted by molar-refractivity contribution is -0.384. The second kappa shape index (κ2) is 8.84. The van der Waals surface area contributed by atoms with Crippen molar-refractivity contribution in [1.82, 2.24) is 4.57 Å². The van der Waals surface area contributed by atoms with Crippen molar-refractivity contribution >= 4 is 34.0 Å². The second-order valence-electron chi connectivity index (χ2n) is 7.11. The lowest BCUT2D eigenvalue weighted by Gasteiger charge is -2.23. The van der Waals surface area contributed by atoms with Gasteiger partial charge in [0, 0.05) is 17.5 Å². The summed E-state index contributed by atoms with van der Waals surface area (Å²) in [6.45, 7) is 0. The highest BCUT2D eigenvalue weighted by Gasteiger charge is 2.20. The normalized spacial score (nSPS) is 16.6. The van der Waals surface area contributed by atoms with E-state index in [0.29, 0.717) is 11.7 Å². The Bertz CT molecular complexity index is 997. The van der Waals surface area contributed by atoms with Crippen LogP contribution in [0.5, 0.6) is 0 Å². The topological polar surface area (TPSA) is 60.4 Å². The molecule has 7 heteroatoms. The first-order valence-corrected chi connectivity index (χ1v) is 11.5. The number of rotatable bonds is 4. The molecule has 5 nitrogen and oxygen atoms in total. The van der Waals surface area contributed by atoms with E-state index in [9.17, 15) is 10.1 Å². The maximum atomic E-state index is 11.4. The zero-order valence-corrected chi connectivity index (χ0v) is 17.3. The zero-order chi connectivity index (χ0) is 19.3. The van der Waals surface area contributed by atoms with Crippen LogP contribution in [0.4, 0.5) is 11.4 Å². The standard InChI is InChI=1S/C21H23N3O2S2/c25-24(26)18-12-7-6-11-17(18)22-21-23(16-9-4-2-1-3-5-10-16)19(15-28-21)20-13-8-14-27-20/h6-8,11-16H,1-5,9-10H2. The Morgan fingerprint density at radius 1 is 1.00 bits per heavy atom. The quantitative estimate of drug-likeness (QED) is 0.353. The lowest BCUT2D eigenvalue weighted by Crippen LogP contribution is -2.22. The van der Waals surface area contributed by atoms with Crippen LogP contribution in [-0.4, -0.2) is 9.49 Å². The third-order valence-corrected chi connectivity index (χ3v) is 6.98. The fourth-order valence-electron chi connectivity index (χ4n) is 3.87. The van der Waals surface area contributed by atoms with Crippen LogP contribution < -0.4 is 4.80 Å². The monoisotopic (exact) mass is 413 g/mol. The fourth-order valence-corrected chi connectivity index (χ4v) is 5.65. The first-order valence-electron chi connectivity index (χ1n) is 9.76. The predicted molar refractivity (Wildman–Crippen MR) is 115 cm³/mol. The van der Waals surface area contributed by atoms with E-state index < -0.39 is 0 Å². The van der Waals surface area contributed by atoms with Gasteiger partial charge in [0.25, 0.3) is 5.69 Å². The zero-order valence-electron chi connectivity index (χ0n) is 15.6. The van der Waals surface area contributed by atoms with Gasteiger partial charge in [-0.25, -0.2) is 4.99 Å². The molecule has 0 N–H and O–H groups in total. The molecule has 0 bridgehead atoms. The first-order chi connectivity index (χ1) is 13.7. The Morgan fingerprint density at radius 3 is 2.46 bits per heavy atom. The number of nitro benzene ring substituents is 1. The van der Waals surface area contributed by atoms with Gasteiger partial charge >= 0.3 is 0 Å². The van der Waals surface area contributed by atoms with E-state index in [2.05, 4.69) is 27.5 Å². The van der Waals surface area contributed by atoms with Crippen molar-refractivity contribution in [3.05, 3.63) is 62.1 Å². The van der Waals surface area contributed by atoms with Gasteiger partial charge in [0.1, 0.15) is 5.69 Å². The van der Waals surface area contributed by atoms with Crippen LogP contribution in [0, 0.1) is 10.1 Å². The molecule has 1 fully saturated rings. The minimum atomic E-state index is -0.354. The number of benzene rings is 1. The molecule has 28 heavy (non-hydrogen) atoms. The number of para-hydroxylation sites is 2. The molecule has 1 aliphatic carbocycles. The van der Waals surface area contributed by atoms with Gasteiger partial charge in [-0.1, -0.05) is 50.3 Å². The molecule has 4 rings (SSSR count). The van der Waals surface area contributed by atoms with Gasteiger partial charge in [-0.3, -0.25) is 10.1 Å². The molecule has 3 aromatic rings. The van der Waals surface area contributed by atoms with Crippen LogP contribution in [0.25, 0.3) is 10.6 Å².